The number of imidazole rings is 1. The van der Waals surface area contributed by atoms with Crippen molar-refractivity contribution >= 4 is 19.6 Å². The number of benzene rings is 1. The van der Waals surface area contributed by atoms with E-state index in [1.807, 2.05) is 27.0 Å². The van der Waals surface area contributed by atoms with Crippen molar-refractivity contribution in [1.82, 2.24) is 14.9 Å². The monoisotopic (exact) mass is 361 g/mol. The average Bonchev–Trinajstić information content (AvgIpc) is 3.15. The fraction of sp³-hybridized carbons (Fsp3) is 0.474. The van der Waals surface area contributed by atoms with E-state index >= 15 is 0 Å². The van der Waals surface area contributed by atoms with Crippen LogP contribution in [0, 0.1) is 6.92 Å². The smallest absolute Gasteiger partial charge is 0.410 e. The number of nitrogens with one attached hydrogen (secondary N) is 1. The number of carbonyl (C=O) groups excluding carboxylic acids is 1. The number of ether oxygens (including phenoxy) is 1. The van der Waals surface area contributed by atoms with Gasteiger partial charge < -0.3 is 9.72 Å². The lowest BCUT2D eigenvalue weighted by Crippen LogP contribution is -2.36. The van der Waals surface area contributed by atoms with E-state index < -0.39 is 5.60 Å². The van der Waals surface area contributed by atoms with Gasteiger partial charge in [0.2, 0.25) is 0 Å². The average molecular weight is 362 g/mol. The molecule has 1 aliphatic rings. The maximum atomic E-state index is 12.4. The molecule has 6 heteroatoms. The van der Waals surface area contributed by atoms with Gasteiger partial charge in [-0.15, -0.1) is 0 Å². The van der Waals surface area contributed by atoms with Crippen molar-refractivity contribution < 1.29 is 9.53 Å². The molecule has 1 fully saturated rings. The predicted octanol–water partition coefficient (Wildman–Crippen LogP) is 4.57. The molecule has 0 bridgehead atoms. The minimum atomic E-state index is -0.486. The van der Waals surface area contributed by atoms with Crippen LogP contribution >= 0.6 is 13.5 Å². The van der Waals surface area contributed by atoms with Gasteiger partial charge in [0.05, 0.1) is 17.9 Å². The van der Waals surface area contributed by atoms with Crippen molar-refractivity contribution in [3.05, 3.63) is 41.9 Å². The largest absolute Gasteiger partial charge is 0.444 e. The Morgan fingerprint density at radius 3 is 2.60 bits per heavy atom. The van der Waals surface area contributed by atoms with E-state index in [-0.39, 0.29) is 25.6 Å². The van der Waals surface area contributed by atoms with Crippen LogP contribution in [0.1, 0.15) is 51.0 Å². The van der Waals surface area contributed by atoms with Crippen molar-refractivity contribution in [2.45, 2.75) is 52.2 Å². The van der Waals surface area contributed by atoms with Crippen molar-refractivity contribution in [3.8, 4) is 11.3 Å². The van der Waals surface area contributed by atoms with Gasteiger partial charge in [0, 0.05) is 6.54 Å². The lowest BCUT2D eigenvalue weighted by Gasteiger charge is -2.27. The van der Waals surface area contributed by atoms with Crippen LogP contribution in [-0.4, -0.2) is 33.1 Å². The highest BCUT2D eigenvalue weighted by Gasteiger charge is 2.34. The van der Waals surface area contributed by atoms with Gasteiger partial charge in [0.15, 0.2) is 0 Å². The zero-order valence-electron chi connectivity index (χ0n) is 15.3. The first-order valence-electron chi connectivity index (χ1n) is 8.45. The standard InChI is InChI=1S/C19H25N3O2.H2S/c1-13-7-9-14(10-8-13)15-12-20-17(21-15)16-6-5-11-22(16)18(23)24-19(2,3)4;/h7-10,12,16H,5-6,11H2,1-4H3,(H,20,21);1H2/t16-;/m0./s1. The van der Waals surface area contributed by atoms with Crippen molar-refractivity contribution in [3.63, 3.8) is 0 Å². The van der Waals surface area contributed by atoms with Crippen LogP contribution in [0.2, 0.25) is 0 Å². The Morgan fingerprint density at radius 1 is 1.28 bits per heavy atom. The first kappa shape index (κ1) is 19.4. The highest BCUT2D eigenvalue weighted by atomic mass is 32.1. The van der Waals surface area contributed by atoms with Gasteiger partial charge in [0.25, 0.3) is 0 Å². The number of aryl methyl sites for hydroxylation is 1. The number of carbonyl (C=O) groups is 1. The van der Waals surface area contributed by atoms with Crippen LogP contribution in [0.15, 0.2) is 30.5 Å². The number of aromatic nitrogens is 2. The summed E-state index contributed by atoms with van der Waals surface area (Å²) in [6.45, 7) is 8.44. The summed E-state index contributed by atoms with van der Waals surface area (Å²) in [6.07, 6.45) is 3.44. The van der Waals surface area contributed by atoms with Crippen LogP contribution in [0.25, 0.3) is 11.3 Å². The highest BCUT2D eigenvalue weighted by Crippen LogP contribution is 2.32. The number of amides is 1. The maximum absolute atomic E-state index is 12.4. The Balaban J connectivity index is 0.00000225. The molecule has 0 saturated carbocycles. The van der Waals surface area contributed by atoms with Gasteiger partial charge in [-0.1, -0.05) is 29.8 Å². The van der Waals surface area contributed by atoms with Crippen molar-refractivity contribution in [2.75, 3.05) is 6.54 Å². The van der Waals surface area contributed by atoms with Gasteiger partial charge in [-0.2, -0.15) is 13.5 Å². The quantitative estimate of drug-likeness (QED) is 0.852. The molecule has 1 aromatic heterocycles. The molecule has 5 nitrogen and oxygen atoms in total. The third-order valence-electron chi connectivity index (χ3n) is 4.15. The molecular formula is C19H27N3O2S. The van der Waals surface area contributed by atoms with E-state index in [0.29, 0.717) is 6.54 Å². The number of hydrogen-bond donors (Lipinski definition) is 1. The first-order valence-corrected chi connectivity index (χ1v) is 8.45. The van der Waals surface area contributed by atoms with E-state index in [0.717, 1.165) is 29.9 Å². The Labute approximate surface area is 156 Å². The van der Waals surface area contributed by atoms with E-state index in [1.54, 1.807) is 4.90 Å². The number of nitrogens with zero attached hydrogens (tertiary/aromatic N) is 2. The number of likely N-dealkylation sites (tertiary alicyclic amines) is 1. The third kappa shape index (κ3) is 4.57. The van der Waals surface area contributed by atoms with Gasteiger partial charge >= 0.3 is 6.09 Å². The number of hydrogen-bond acceptors (Lipinski definition) is 3. The topological polar surface area (TPSA) is 58.2 Å². The molecule has 1 N–H and O–H groups in total. The summed E-state index contributed by atoms with van der Waals surface area (Å²) in [5.74, 6) is 0.828. The summed E-state index contributed by atoms with van der Waals surface area (Å²) in [6, 6.07) is 8.27. The summed E-state index contributed by atoms with van der Waals surface area (Å²) in [7, 11) is 0. The van der Waals surface area contributed by atoms with Gasteiger partial charge in [0.1, 0.15) is 11.4 Å². The second-order valence-corrected chi connectivity index (χ2v) is 7.38. The predicted molar refractivity (Wildman–Crippen MR) is 104 cm³/mol. The summed E-state index contributed by atoms with van der Waals surface area (Å²) in [5.41, 5.74) is 2.81. The van der Waals surface area contributed by atoms with E-state index in [4.69, 9.17) is 4.74 Å². The molecule has 0 radical (unpaired) electrons. The van der Waals surface area contributed by atoms with E-state index in [2.05, 4.69) is 41.2 Å². The number of H-pyrrole nitrogens is 1. The molecule has 0 unspecified atom stereocenters. The molecular weight excluding hydrogens is 334 g/mol. The number of rotatable bonds is 2. The molecule has 25 heavy (non-hydrogen) atoms. The fourth-order valence-electron chi connectivity index (χ4n) is 2.98. The van der Waals surface area contributed by atoms with Crippen molar-refractivity contribution in [1.29, 1.82) is 0 Å². The minimum absolute atomic E-state index is 0. The van der Waals surface area contributed by atoms with Crippen LogP contribution in [0.5, 0.6) is 0 Å². The second-order valence-electron chi connectivity index (χ2n) is 7.38. The van der Waals surface area contributed by atoms with Gasteiger partial charge in [-0.3, -0.25) is 4.90 Å². The minimum Gasteiger partial charge on any atom is -0.444 e. The molecule has 1 aromatic carbocycles. The molecule has 136 valence electrons. The summed E-state index contributed by atoms with van der Waals surface area (Å²) in [5, 5.41) is 0. The third-order valence-corrected chi connectivity index (χ3v) is 4.15. The van der Waals surface area contributed by atoms with Crippen LogP contribution in [0.3, 0.4) is 0 Å². The van der Waals surface area contributed by atoms with E-state index in [1.165, 1.54) is 5.56 Å². The van der Waals surface area contributed by atoms with Crippen LogP contribution in [-0.2, 0) is 4.74 Å². The number of aromatic amines is 1. The molecule has 3 rings (SSSR count). The molecule has 2 heterocycles. The van der Waals surface area contributed by atoms with Gasteiger partial charge in [-0.25, -0.2) is 9.78 Å². The lowest BCUT2D eigenvalue weighted by atomic mass is 10.1. The molecule has 1 saturated heterocycles. The molecule has 1 aliphatic heterocycles. The first-order chi connectivity index (χ1) is 11.3. The van der Waals surface area contributed by atoms with E-state index in [9.17, 15) is 4.79 Å². The fourth-order valence-corrected chi connectivity index (χ4v) is 2.98. The zero-order valence-corrected chi connectivity index (χ0v) is 16.3. The Morgan fingerprint density at radius 2 is 1.96 bits per heavy atom. The Hall–Kier alpha value is -1.95. The summed E-state index contributed by atoms with van der Waals surface area (Å²) >= 11 is 0. The SMILES string of the molecule is Cc1ccc(-c2cnc([C@@H]3CCCN3C(=O)OC(C)(C)C)[nH]2)cc1.S. The molecule has 2 aromatic rings. The Kier molecular flexibility index (Phi) is 5.83. The summed E-state index contributed by atoms with van der Waals surface area (Å²) in [4.78, 5) is 22.1. The van der Waals surface area contributed by atoms with Crippen LogP contribution in [0.4, 0.5) is 4.79 Å². The molecule has 1 atom stereocenters. The van der Waals surface area contributed by atoms with Gasteiger partial charge in [-0.05, 0) is 46.1 Å². The lowest BCUT2D eigenvalue weighted by molar-refractivity contribution is 0.0219. The second kappa shape index (κ2) is 7.52. The Bertz CT molecular complexity index is 719. The van der Waals surface area contributed by atoms with Crippen molar-refractivity contribution in [2.24, 2.45) is 0 Å². The normalized spacial score (nSPS) is 17.3. The molecule has 1 amide bonds. The maximum Gasteiger partial charge on any atom is 0.410 e. The zero-order chi connectivity index (χ0) is 17.3. The molecule has 0 aliphatic carbocycles. The highest BCUT2D eigenvalue weighted by molar-refractivity contribution is 7.59. The molecule has 0 spiro atoms. The summed E-state index contributed by atoms with van der Waals surface area (Å²) < 4.78 is 5.52. The van der Waals surface area contributed by atoms with Crippen LogP contribution < -0.4 is 0 Å².